The summed E-state index contributed by atoms with van der Waals surface area (Å²) in [6.07, 6.45) is 7.90. The SMILES string of the molecule is Cc1cc2c(NC(=O)NCCCSC3CCCCC3)cccc2nn1. The molecule has 1 aromatic heterocycles. The summed E-state index contributed by atoms with van der Waals surface area (Å²) in [5.41, 5.74) is 2.39. The van der Waals surface area contributed by atoms with Gasteiger partial charge in [-0.05, 0) is 50.1 Å². The number of aromatic nitrogens is 2. The van der Waals surface area contributed by atoms with Crippen molar-refractivity contribution in [1.29, 1.82) is 0 Å². The second-order valence-corrected chi connectivity index (χ2v) is 8.00. The first kappa shape index (κ1) is 18.0. The van der Waals surface area contributed by atoms with E-state index in [0.717, 1.165) is 39.7 Å². The molecule has 0 atom stereocenters. The van der Waals surface area contributed by atoms with E-state index in [-0.39, 0.29) is 6.03 Å². The van der Waals surface area contributed by atoms with Gasteiger partial charge in [0.25, 0.3) is 0 Å². The van der Waals surface area contributed by atoms with Gasteiger partial charge in [0.1, 0.15) is 0 Å². The van der Waals surface area contributed by atoms with E-state index in [1.165, 1.54) is 32.1 Å². The molecule has 1 saturated carbocycles. The summed E-state index contributed by atoms with van der Waals surface area (Å²) in [6, 6.07) is 7.45. The molecule has 1 heterocycles. The Hall–Kier alpha value is -1.82. The molecule has 0 spiro atoms. The molecule has 2 aromatic rings. The largest absolute Gasteiger partial charge is 0.338 e. The summed E-state index contributed by atoms with van der Waals surface area (Å²) in [7, 11) is 0. The van der Waals surface area contributed by atoms with Crippen LogP contribution in [0.2, 0.25) is 0 Å². The van der Waals surface area contributed by atoms with Crippen LogP contribution in [-0.4, -0.2) is 33.8 Å². The van der Waals surface area contributed by atoms with Crippen LogP contribution in [0.4, 0.5) is 10.5 Å². The van der Waals surface area contributed by atoms with Crippen molar-refractivity contribution in [1.82, 2.24) is 15.5 Å². The molecule has 0 aliphatic heterocycles. The number of aryl methyl sites for hydroxylation is 1. The average Bonchev–Trinajstić information content (AvgIpc) is 2.63. The number of hydrogen-bond donors (Lipinski definition) is 2. The third-order valence-corrected chi connectivity index (χ3v) is 5.98. The van der Waals surface area contributed by atoms with Crippen LogP contribution in [0.1, 0.15) is 44.2 Å². The van der Waals surface area contributed by atoms with E-state index in [1.54, 1.807) is 0 Å². The maximum Gasteiger partial charge on any atom is 0.319 e. The lowest BCUT2D eigenvalue weighted by atomic mass is 10.0. The van der Waals surface area contributed by atoms with Gasteiger partial charge >= 0.3 is 6.03 Å². The van der Waals surface area contributed by atoms with E-state index in [4.69, 9.17) is 0 Å². The van der Waals surface area contributed by atoms with E-state index in [0.29, 0.717) is 6.54 Å². The van der Waals surface area contributed by atoms with Crippen LogP contribution < -0.4 is 10.6 Å². The second-order valence-electron chi connectivity index (χ2n) is 6.59. The molecule has 1 aromatic carbocycles. The number of nitrogens with one attached hydrogen (secondary N) is 2. The van der Waals surface area contributed by atoms with Gasteiger partial charge in [-0.3, -0.25) is 0 Å². The minimum atomic E-state index is -0.162. The molecule has 134 valence electrons. The van der Waals surface area contributed by atoms with E-state index in [9.17, 15) is 4.79 Å². The van der Waals surface area contributed by atoms with Crippen molar-refractivity contribution in [2.24, 2.45) is 0 Å². The minimum Gasteiger partial charge on any atom is -0.338 e. The molecule has 25 heavy (non-hydrogen) atoms. The molecule has 0 saturated heterocycles. The smallest absolute Gasteiger partial charge is 0.319 e. The van der Waals surface area contributed by atoms with E-state index < -0.39 is 0 Å². The first-order valence-electron chi connectivity index (χ1n) is 9.12. The highest BCUT2D eigenvalue weighted by Crippen LogP contribution is 2.28. The lowest BCUT2D eigenvalue weighted by Gasteiger charge is -2.20. The van der Waals surface area contributed by atoms with E-state index in [1.807, 2.05) is 31.2 Å². The van der Waals surface area contributed by atoms with Gasteiger partial charge in [0.2, 0.25) is 0 Å². The van der Waals surface area contributed by atoms with Crippen LogP contribution in [0.25, 0.3) is 10.9 Å². The standard InChI is InChI=1S/C19H26N4OS/c1-14-13-16-17(9-5-10-18(16)23-22-14)21-19(24)20-11-6-12-25-15-7-3-2-4-8-15/h5,9-10,13,15H,2-4,6-8,11-12H2,1H3,(H2,20,21,24). The Kier molecular flexibility index (Phi) is 6.50. The van der Waals surface area contributed by atoms with Crippen LogP contribution in [0.5, 0.6) is 0 Å². The zero-order chi connectivity index (χ0) is 17.5. The van der Waals surface area contributed by atoms with Crippen LogP contribution in [-0.2, 0) is 0 Å². The lowest BCUT2D eigenvalue weighted by molar-refractivity contribution is 0.252. The third-order valence-electron chi connectivity index (χ3n) is 4.51. The molecule has 6 heteroatoms. The normalized spacial score (nSPS) is 15.2. The van der Waals surface area contributed by atoms with Crippen molar-refractivity contribution in [3.05, 3.63) is 30.0 Å². The van der Waals surface area contributed by atoms with Crippen molar-refractivity contribution in [2.45, 2.75) is 50.7 Å². The zero-order valence-electron chi connectivity index (χ0n) is 14.8. The summed E-state index contributed by atoms with van der Waals surface area (Å²) in [5, 5.41) is 15.8. The summed E-state index contributed by atoms with van der Waals surface area (Å²) >= 11 is 2.07. The average molecular weight is 359 g/mol. The van der Waals surface area contributed by atoms with E-state index in [2.05, 4.69) is 32.6 Å². The zero-order valence-corrected chi connectivity index (χ0v) is 15.6. The number of anilines is 1. The number of carbonyl (C=O) groups is 1. The van der Waals surface area contributed by atoms with Gasteiger partial charge in [-0.25, -0.2) is 4.79 Å². The van der Waals surface area contributed by atoms with Crippen molar-refractivity contribution in [3.8, 4) is 0 Å². The molecule has 2 amide bonds. The summed E-state index contributed by atoms with van der Waals surface area (Å²) < 4.78 is 0. The van der Waals surface area contributed by atoms with Crippen molar-refractivity contribution in [2.75, 3.05) is 17.6 Å². The molecule has 1 aliphatic rings. The number of rotatable bonds is 6. The molecule has 0 bridgehead atoms. The molecule has 1 fully saturated rings. The summed E-state index contributed by atoms with van der Waals surface area (Å²) in [6.45, 7) is 2.60. The summed E-state index contributed by atoms with van der Waals surface area (Å²) in [5.74, 6) is 1.12. The Morgan fingerprint density at radius 1 is 1.24 bits per heavy atom. The molecule has 0 radical (unpaired) electrons. The van der Waals surface area contributed by atoms with Crippen LogP contribution >= 0.6 is 11.8 Å². The Bertz CT molecular complexity index is 716. The molecule has 1 aliphatic carbocycles. The summed E-state index contributed by atoms with van der Waals surface area (Å²) in [4.78, 5) is 12.1. The fourth-order valence-electron chi connectivity index (χ4n) is 3.19. The minimum absolute atomic E-state index is 0.162. The predicted molar refractivity (Wildman–Crippen MR) is 105 cm³/mol. The fourth-order valence-corrected chi connectivity index (χ4v) is 4.50. The number of benzene rings is 1. The molecular formula is C19H26N4OS. The number of fused-ring (bicyclic) bond motifs is 1. The maximum absolute atomic E-state index is 12.1. The second kappa shape index (κ2) is 9.04. The van der Waals surface area contributed by atoms with Gasteiger partial charge in [0, 0.05) is 17.2 Å². The number of urea groups is 1. The van der Waals surface area contributed by atoms with Crippen LogP contribution in [0.3, 0.4) is 0 Å². The first-order chi connectivity index (χ1) is 12.2. The quantitative estimate of drug-likeness (QED) is 0.745. The lowest BCUT2D eigenvalue weighted by Crippen LogP contribution is -2.30. The number of thioether (sulfide) groups is 1. The van der Waals surface area contributed by atoms with Crippen molar-refractivity contribution in [3.63, 3.8) is 0 Å². The van der Waals surface area contributed by atoms with Crippen molar-refractivity contribution >= 4 is 34.4 Å². The van der Waals surface area contributed by atoms with Gasteiger partial charge in [-0.1, -0.05) is 25.3 Å². The number of carbonyl (C=O) groups excluding carboxylic acids is 1. The Balaban J connectivity index is 1.43. The van der Waals surface area contributed by atoms with Crippen LogP contribution in [0.15, 0.2) is 24.3 Å². The fraction of sp³-hybridized carbons (Fsp3) is 0.526. The number of amides is 2. The van der Waals surface area contributed by atoms with Gasteiger partial charge in [0.15, 0.2) is 0 Å². The predicted octanol–water partition coefficient (Wildman–Crippen LogP) is 4.52. The Morgan fingerprint density at radius 3 is 2.92 bits per heavy atom. The monoisotopic (exact) mass is 358 g/mol. The van der Waals surface area contributed by atoms with Gasteiger partial charge in [0.05, 0.1) is 16.9 Å². The van der Waals surface area contributed by atoms with E-state index >= 15 is 0 Å². The third kappa shape index (κ3) is 5.33. The highest BCUT2D eigenvalue weighted by atomic mass is 32.2. The molecule has 3 rings (SSSR count). The van der Waals surface area contributed by atoms with Gasteiger partial charge in [-0.2, -0.15) is 22.0 Å². The Labute approximate surface area is 153 Å². The first-order valence-corrected chi connectivity index (χ1v) is 10.2. The highest BCUT2D eigenvalue weighted by Gasteiger charge is 2.13. The molecule has 5 nitrogen and oxygen atoms in total. The maximum atomic E-state index is 12.1. The van der Waals surface area contributed by atoms with Crippen molar-refractivity contribution < 1.29 is 4.79 Å². The molecule has 2 N–H and O–H groups in total. The topological polar surface area (TPSA) is 66.9 Å². The Morgan fingerprint density at radius 2 is 2.08 bits per heavy atom. The number of nitrogens with zero attached hydrogens (tertiary/aromatic N) is 2. The number of hydrogen-bond acceptors (Lipinski definition) is 4. The van der Waals surface area contributed by atoms with Gasteiger partial charge in [-0.15, -0.1) is 0 Å². The van der Waals surface area contributed by atoms with Crippen LogP contribution in [0, 0.1) is 6.92 Å². The van der Waals surface area contributed by atoms with Gasteiger partial charge < -0.3 is 10.6 Å². The highest BCUT2D eigenvalue weighted by molar-refractivity contribution is 7.99. The molecular weight excluding hydrogens is 332 g/mol. The molecule has 0 unspecified atom stereocenters.